The molecule has 1 aromatic carbocycles. The van der Waals surface area contributed by atoms with Gasteiger partial charge in [0.15, 0.2) is 0 Å². The Labute approximate surface area is 95.2 Å². The topological polar surface area (TPSA) is 26.3 Å². The highest BCUT2D eigenvalue weighted by atomic mass is 35.5. The van der Waals surface area contributed by atoms with Gasteiger partial charge in [0.1, 0.15) is 5.75 Å². The SMILES string of the molecule is Cc1cc(Cl)ccc1OC(=O)C(C)(C)C. The number of carbonyl (C=O) groups excluding carboxylic acids is 1. The van der Waals surface area contributed by atoms with Crippen molar-refractivity contribution >= 4 is 17.6 Å². The van der Waals surface area contributed by atoms with Crippen molar-refractivity contribution < 1.29 is 9.53 Å². The molecule has 0 amide bonds. The highest BCUT2D eigenvalue weighted by molar-refractivity contribution is 6.30. The summed E-state index contributed by atoms with van der Waals surface area (Å²) in [6.07, 6.45) is 0. The van der Waals surface area contributed by atoms with Gasteiger partial charge in [0, 0.05) is 5.02 Å². The van der Waals surface area contributed by atoms with Crippen LogP contribution in [0.4, 0.5) is 0 Å². The molecule has 0 aromatic heterocycles. The van der Waals surface area contributed by atoms with E-state index in [0.29, 0.717) is 10.8 Å². The molecule has 0 aliphatic rings. The van der Waals surface area contributed by atoms with E-state index < -0.39 is 5.41 Å². The van der Waals surface area contributed by atoms with Crippen molar-refractivity contribution in [1.29, 1.82) is 0 Å². The monoisotopic (exact) mass is 226 g/mol. The standard InChI is InChI=1S/C12H15ClO2/c1-8-7-9(13)5-6-10(8)15-11(14)12(2,3)4/h5-7H,1-4H3. The summed E-state index contributed by atoms with van der Waals surface area (Å²) < 4.78 is 5.27. The fraction of sp³-hybridized carbons (Fsp3) is 0.417. The fourth-order valence-corrected chi connectivity index (χ4v) is 1.21. The van der Waals surface area contributed by atoms with Crippen molar-refractivity contribution in [3.05, 3.63) is 28.8 Å². The van der Waals surface area contributed by atoms with Gasteiger partial charge in [-0.3, -0.25) is 4.79 Å². The molecule has 0 N–H and O–H groups in total. The van der Waals surface area contributed by atoms with Crippen molar-refractivity contribution in [2.24, 2.45) is 5.41 Å². The number of ether oxygens (including phenoxy) is 1. The van der Waals surface area contributed by atoms with Crippen LogP contribution >= 0.6 is 11.6 Å². The van der Waals surface area contributed by atoms with Gasteiger partial charge in [-0.1, -0.05) is 11.6 Å². The van der Waals surface area contributed by atoms with Gasteiger partial charge in [-0.25, -0.2) is 0 Å². The lowest BCUT2D eigenvalue weighted by molar-refractivity contribution is -0.143. The molecule has 0 saturated heterocycles. The second-order valence-electron chi connectivity index (χ2n) is 4.55. The fourth-order valence-electron chi connectivity index (χ4n) is 0.980. The van der Waals surface area contributed by atoms with Crippen LogP contribution in [0.3, 0.4) is 0 Å². The Morgan fingerprint density at radius 3 is 2.40 bits per heavy atom. The molecule has 0 aliphatic carbocycles. The van der Waals surface area contributed by atoms with Crippen LogP contribution in [0.25, 0.3) is 0 Å². The molecule has 0 unspecified atom stereocenters. The number of rotatable bonds is 1. The first kappa shape index (κ1) is 12.1. The Balaban J connectivity index is 2.87. The summed E-state index contributed by atoms with van der Waals surface area (Å²) in [4.78, 5) is 11.6. The molecular weight excluding hydrogens is 212 g/mol. The first-order chi connectivity index (χ1) is 6.80. The van der Waals surface area contributed by atoms with Crippen molar-refractivity contribution in [3.8, 4) is 5.75 Å². The van der Waals surface area contributed by atoms with Crippen LogP contribution in [0, 0.1) is 12.3 Å². The Bertz CT molecular complexity index is 378. The van der Waals surface area contributed by atoms with Gasteiger partial charge in [0.2, 0.25) is 0 Å². The largest absolute Gasteiger partial charge is 0.426 e. The number of carbonyl (C=O) groups is 1. The number of hydrogen-bond donors (Lipinski definition) is 0. The molecule has 0 aliphatic heterocycles. The number of hydrogen-bond acceptors (Lipinski definition) is 2. The van der Waals surface area contributed by atoms with E-state index in [1.165, 1.54) is 0 Å². The summed E-state index contributed by atoms with van der Waals surface area (Å²) in [5.74, 6) is 0.326. The zero-order valence-electron chi connectivity index (χ0n) is 9.43. The lowest BCUT2D eigenvalue weighted by Gasteiger charge is -2.17. The molecule has 1 aromatic rings. The average molecular weight is 227 g/mol. The van der Waals surface area contributed by atoms with E-state index >= 15 is 0 Å². The minimum absolute atomic E-state index is 0.243. The van der Waals surface area contributed by atoms with E-state index in [1.807, 2.05) is 27.7 Å². The third kappa shape index (κ3) is 3.24. The van der Waals surface area contributed by atoms with Gasteiger partial charge in [-0.05, 0) is 51.5 Å². The van der Waals surface area contributed by atoms with E-state index in [1.54, 1.807) is 18.2 Å². The molecule has 0 atom stereocenters. The number of esters is 1. The minimum Gasteiger partial charge on any atom is -0.426 e. The molecular formula is C12H15ClO2. The van der Waals surface area contributed by atoms with Crippen LogP contribution < -0.4 is 4.74 Å². The van der Waals surface area contributed by atoms with Crippen molar-refractivity contribution in [3.63, 3.8) is 0 Å². The lowest BCUT2D eigenvalue weighted by atomic mass is 9.97. The first-order valence-electron chi connectivity index (χ1n) is 4.79. The van der Waals surface area contributed by atoms with E-state index in [-0.39, 0.29) is 5.97 Å². The summed E-state index contributed by atoms with van der Waals surface area (Å²) in [7, 11) is 0. The zero-order chi connectivity index (χ0) is 11.6. The highest BCUT2D eigenvalue weighted by Crippen LogP contribution is 2.24. The highest BCUT2D eigenvalue weighted by Gasteiger charge is 2.24. The number of aryl methyl sites for hydroxylation is 1. The van der Waals surface area contributed by atoms with E-state index in [2.05, 4.69) is 0 Å². The lowest BCUT2D eigenvalue weighted by Crippen LogP contribution is -2.25. The molecule has 2 nitrogen and oxygen atoms in total. The third-order valence-corrected chi connectivity index (χ3v) is 2.19. The Kier molecular flexibility index (Phi) is 3.40. The first-order valence-corrected chi connectivity index (χ1v) is 5.17. The Morgan fingerprint density at radius 2 is 1.93 bits per heavy atom. The van der Waals surface area contributed by atoms with Crippen LogP contribution in [0.5, 0.6) is 5.75 Å². The van der Waals surface area contributed by atoms with Crippen LogP contribution in [0.15, 0.2) is 18.2 Å². The summed E-state index contributed by atoms with van der Waals surface area (Å²) in [5.41, 5.74) is 0.367. The van der Waals surface area contributed by atoms with Gasteiger partial charge in [-0.15, -0.1) is 0 Å². The normalized spacial score (nSPS) is 11.3. The van der Waals surface area contributed by atoms with Gasteiger partial charge in [0.25, 0.3) is 0 Å². The van der Waals surface area contributed by atoms with Gasteiger partial charge >= 0.3 is 5.97 Å². The minimum atomic E-state index is -0.494. The number of halogens is 1. The maximum Gasteiger partial charge on any atom is 0.316 e. The van der Waals surface area contributed by atoms with E-state index in [0.717, 1.165) is 5.56 Å². The smallest absolute Gasteiger partial charge is 0.316 e. The summed E-state index contributed by atoms with van der Waals surface area (Å²) in [6.45, 7) is 7.32. The molecule has 1 rings (SSSR count). The summed E-state index contributed by atoms with van der Waals surface area (Å²) in [6, 6.07) is 5.19. The van der Waals surface area contributed by atoms with Gasteiger partial charge in [-0.2, -0.15) is 0 Å². The molecule has 0 radical (unpaired) electrons. The zero-order valence-corrected chi connectivity index (χ0v) is 10.2. The molecule has 0 bridgehead atoms. The molecule has 82 valence electrons. The van der Waals surface area contributed by atoms with Crippen LogP contribution in [0.1, 0.15) is 26.3 Å². The van der Waals surface area contributed by atoms with Crippen molar-refractivity contribution in [1.82, 2.24) is 0 Å². The molecule has 0 fully saturated rings. The summed E-state index contributed by atoms with van der Waals surface area (Å²) in [5, 5.41) is 0.642. The Hall–Kier alpha value is -1.02. The van der Waals surface area contributed by atoms with E-state index in [9.17, 15) is 4.79 Å². The van der Waals surface area contributed by atoms with Gasteiger partial charge in [0.05, 0.1) is 5.41 Å². The third-order valence-electron chi connectivity index (χ3n) is 1.95. The second kappa shape index (κ2) is 4.23. The maximum absolute atomic E-state index is 11.6. The quantitative estimate of drug-likeness (QED) is 0.540. The Morgan fingerprint density at radius 1 is 1.33 bits per heavy atom. The van der Waals surface area contributed by atoms with Crippen LogP contribution in [-0.4, -0.2) is 5.97 Å². The van der Waals surface area contributed by atoms with Crippen molar-refractivity contribution in [2.75, 3.05) is 0 Å². The molecule has 0 saturated carbocycles. The predicted octanol–water partition coefficient (Wildman–Crippen LogP) is 3.60. The van der Waals surface area contributed by atoms with Crippen molar-refractivity contribution in [2.45, 2.75) is 27.7 Å². The van der Waals surface area contributed by atoms with E-state index in [4.69, 9.17) is 16.3 Å². The molecule has 3 heteroatoms. The van der Waals surface area contributed by atoms with Crippen LogP contribution in [-0.2, 0) is 4.79 Å². The molecule has 0 heterocycles. The molecule has 15 heavy (non-hydrogen) atoms. The maximum atomic E-state index is 11.6. The molecule has 0 spiro atoms. The van der Waals surface area contributed by atoms with Crippen LogP contribution in [0.2, 0.25) is 5.02 Å². The summed E-state index contributed by atoms with van der Waals surface area (Å²) >= 11 is 5.80. The predicted molar refractivity (Wildman–Crippen MR) is 61.3 cm³/mol. The average Bonchev–Trinajstić information content (AvgIpc) is 2.08. The number of benzene rings is 1. The second-order valence-corrected chi connectivity index (χ2v) is 4.99. The van der Waals surface area contributed by atoms with Gasteiger partial charge < -0.3 is 4.74 Å².